The first-order valence-electron chi connectivity index (χ1n) is 7.67. The van der Waals surface area contributed by atoms with Crippen LogP contribution in [0, 0.1) is 5.92 Å². The lowest BCUT2D eigenvalue weighted by atomic mass is 9.89. The van der Waals surface area contributed by atoms with Crippen molar-refractivity contribution in [2.24, 2.45) is 5.92 Å². The molecule has 0 fully saturated rings. The van der Waals surface area contributed by atoms with Crippen LogP contribution in [0.2, 0.25) is 0 Å². The smallest absolute Gasteiger partial charge is 0.183 e. The van der Waals surface area contributed by atoms with Crippen molar-refractivity contribution in [3.8, 4) is 0 Å². The van der Waals surface area contributed by atoms with Gasteiger partial charge in [0.2, 0.25) is 0 Å². The number of aryl methyl sites for hydroxylation is 1. The molecule has 0 aliphatic heterocycles. The normalized spacial score (nSPS) is 17.3. The number of thiophene rings is 2. The maximum absolute atomic E-state index is 12.2. The quantitative estimate of drug-likeness (QED) is 0.379. The number of nitrogens with zero attached hydrogens (tertiary/aromatic N) is 2. The zero-order valence-corrected chi connectivity index (χ0v) is 15.2. The lowest BCUT2D eigenvalue weighted by Gasteiger charge is -2.18. The van der Waals surface area contributed by atoms with Crippen LogP contribution in [0.25, 0.3) is 10.2 Å². The van der Waals surface area contributed by atoms with Gasteiger partial charge in [0.1, 0.15) is 16.2 Å². The standard InChI is InChI=1S/C17H16N2OS3/c1-10-4-5-11-14(7-10)23-17-15(11)16(18-9-19-17)22-8-12(20)13-3-2-6-21-13/h2-3,6,9-10H,4-5,7-8H2,1H3. The molecule has 4 rings (SSSR count). The van der Waals surface area contributed by atoms with E-state index in [1.54, 1.807) is 29.4 Å². The second kappa shape index (κ2) is 6.34. The number of thioether (sulfide) groups is 1. The first kappa shape index (κ1) is 15.3. The number of fused-ring (bicyclic) bond motifs is 3. The van der Waals surface area contributed by atoms with Gasteiger partial charge in [0, 0.05) is 10.3 Å². The van der Waals surface area contributed by atoms with Crippen molar-refractivity contribution < 1.29 is 4.79 Å². The third kappa shape index (κ3) is 2.95. The average molecular weight is 361 g/mol. The Morgan fingerprint density at radius 3 is 3.17 bits per heavy atom. The Morgan fingerprint density at radius 1 is 1.43 bits per heavy atom. The number of aromatic nitrogens is 2. The van der Waals surface area contributed by atoms with Crippen LogP contribution in [0.3, 0.4) is 0 Å². The average Bonchev–Trinajstić information content (AvgIpc) is 3.19. The van der Waals surface area contributed by atoms with E-state index in [9.17, 15) is 4.79 Å². The molecule has 0 radical (unpaired) electrons. The van der Waals surface area contributed by atoms with E-state index in [4.69, 9.17) is 0 Å². The third-order valence-corrected chi connectivity index (χ3v) is 7.26. The van der Waals surface area contributed by atoms with Gasteiger partial charge in [0.25, 0.3) is 0 Å². The Hall–Kier alpha value is -1.24. The van der Waals surface area contributed by atoms with Gasteiger partial charge in [-0.2, -0.15) is 0 Å². The van der Waals surface area contributed by atoms with Gasteiger partial charge < -0.3 is 0 Å². The number of rotatable bonds is 4. The Bertz CT molecular complexity index is 854. The number of hydrogen-bond acceptors (Lipinski definition) is 6. The van der Waals surface area contributed by atoms with E-state index in [0.717, 1.165) is 33.5 Å². The maximum atomic E-state index is 12.2. The van der Waals surface area contributed by atoms with E-state index in [0.29, 0.717) is 5.75 Å². The molecule has 0 bridgehead atoms. The summed E-state index contributed by atoms with van der Waals surface area (Å²) in [6.07, 6.45) is 5.11. The molecule has 3 aromatic rings. The van der Waals surface area contributed by atoms with Gasteiger partial charge in [0.15, 0.2) is 5.78 Å². The first-order valence-corrected chi connectivity index (χ1v) is 10.4. The summed E-state index contributed by atoms with van der Waals surface area (Å²) in [5, 5.41) is 4.10. The Labute approximate surface area is 147 Å². The highest BCUT2D eigenvalue weighted by atomic mass is 32.2. The van der Waals surface area contributed by atoms with Gasteiger partial charge in [0.05, 0.1) is 10.6 Å². The van der Waals surface area contributed by atoms with E-state index in [1.807, 2.05) is 17.5 Å². The number of Topliss-reactive ketones (excluding diaryl/α,β-unsaturated/α-hetero) is 1. The van der Waals surface area contributed by atoms with Gasteiger partial charge in [-0.05, 0) is 42.2 Å². The SMILES string of the molecule is CC1CCc2c(sc3ncnc(SCC(=O)c4cccs4)c23)C1. The van der Waals surface area contributed by atoms with Gasteiger partial charge in [-0.15, -0.1) is 22.7 Å². The molecular formula is C17H16N2OS3. The van der Waals surface area contributed by atoms with Crippen LogP contribution in [0.5, 0.6) is 0 Å². The minimum atomic E-state index is 0.175. The maximum Gasteiger partial charge on any atom is 0.183 e. The molecule has 0 spiro atoms. The molecule has 3 nitrogen and oxygen atoms in total. The van der Waals surface area contributed by atoms with E-state index >= 15 is 0 Å². The molecule has 1 unspecified atom stereocenters. The first-order chi connectivity index (χ1) is 11.2. The molecule has 0 N–H and O–H groups in total. The summed E-state index contributed by atoms with van der Waals surface area (Å²) >= 11 is 4.85. The van der Waals surface area contributed by atoms with Gasteiger partial charge in [-0.1, -0.05) is 24.8 Å². The monoisotopic (exact) mass is 360 g/mol. The summed E-state index contributed by atoms with van der Waals surface area (Å²) < 4.78 is 0. The molecule has 1 aliphatic carbocycles. The fraction of sp³-hybridized carbons (Fsp3) is 0.353. The van der Waals surface area contributed by atoms with E-state index < -0.39 is 0 Å². The van der Waals surface area contributed by atoms with Crippen LogP contribution >= 0.6 is 34.4 Å². The Balaban J connectivity index is 1.64. The van der Waals surface area contributed by atoms with Crippen molar-refractivity contribution in [2.75, 3.05) is 5.75 Å². The van der Waals surface area contributed by atoms with Crippen molar-refractivity contribution in [1.82, 2.24) is 9.97 Å². The van der Waals surface area contributed by atoms with Crippen molar-refractivity contribution in [2.45, 2.75) is 31.2 Å². The number of carbonyl (C=O) groups excluding carboxylic acids is 1. The molecule has 1 aliphatic rings. The Kier molecular flexibility index (Phi) is 4.22. The van der Waals surface area contributed by atoms with Crippen LogP contribution in [0.1, 0.15) is 33.5 Å². The van der Waals surface area contributed by atoms with Crippen molar-refractivity contribution in [3.05, 3.63) is 39.2 Å². The third-order valence-electron chi connectivity index (χ3n) is 4.19. The number of hydrogen-bond donors (Lipinski definition) is 0. The summed E-state index contributed by atoms with van der Waals surface area (Å²) in [6, 6.07) is 3.80. The lowest BCUT2D eigenvalue weighted by Crippen LogP contribution is -2.08. The topological polar surface area (TPSA) is 42.9 Å². The van der Waals surface area contributed by atoms with E-state index in [1.165, 1.54) is 33.6 Å². The van der Waals surface area contributed by atoms with Crippen LogP contribution < -0.4 is 0 Å². The number of ketones is 1. The molecule has 6 heteroatoms. The molecule has 1 atom stereocenters. The van der Waals surface area contributed by atoms with Crippen molar-refractivity contribution >= 4 is 50.4 Å². The molecular weight excluding hydrogens is 344 g/mol. The van der Waals surface area contributed by atoms with E-state index in [2.05, 4.69) is 16.9 Å². The summed E-state index contributed by atoms with van der Waals surface area (Å²) in [7, 11) is 0. The largest absolute Gasteiger partial charge is 0.292 e. The second-order valence-corrected chi connectivity index (χ2v) is 8.90. The van der Waals surface area contributed by atoms with Crippen molar-refractivity contribution in [3.63, 3.8) is 0 Å². The van der Waals surface area contributed by atoms with Crippen molar-refractivity contribution in [1.29, 1.82) is 0 Å². The van der Waals surface area contributed by atoms with E-state index in [-0.39, 0.29) is 5.78 Å². The molecule has 0 amide bonds. The highest BCUT2D eigenvalue weighted by molar-refractivity contribution is 8.00. The molecule has 3 aromatic heterocycles. The highest BCUT2D eigenvalue weighted by Gasteiger charge is 2.23. The zero-order chi connectivity index (χ0) is 15.8. The Morgan fingerprint density at radius 2 is 2.35 bits per heavy atom. The predicted molar refractivity (Wildman–Crippen MR) is 98.0 cm³/mol. The van der Waals surface area contributed by atoms with Gasteiger partial charge >= 0.3 is 0 Å². The van der Waals surface area contributed by atoms with Gasteiger partial charge in [-0.3, -0.25) is 4.79 Å². The predicted octanol–water partition coefficient (Wildman–Crippen LogP) is 4.85. The second-order valence-electron chi connectivity index (χ2n) is 5.90. The zero-order valence-electron chi connectivity index (χ0n) is 12.7. The highest BCUT2D eigenvalue weighted by Crippen LogP contribution is 2.40. The van der Waals surface area contributed by atoms with Crippen LogP contribution in [-0.2, 0) is 12.8 Å². The number of carbonyl (C=O) groups is 1. The molecule has 0 saturated heterocycles. The summed E-state index contributed by atoms with van der Waals surface area (Å²) in [4.78, 5) is 24.5. The molecule has 118 valence electrons. The van der Waals surface area contributed by atoms with Crippen LogP contribution in [0.4, 0.5) is 0 Å². The van der Waals surface area contributed by atoms with Gasteiger partial charge in [-0.25, -0.2) is 9.97 Å². The fourth-order valence-electron chi connectivity index (χ4n) is 3.00. The molecule has 0 saturated carbocycles. The summed E-state index contributed by atoms with van der Waals surface area (Å²) in [6.45, 7) is 2.31. The summed E-state index contributed by atoms with van der Waals surface area (Å²) in [5.41, 5.74) is 1.43. The van der Waals surface area contributed by atoms with Crippen LogP contribution in [0.15, 0.2) is 28.9 Å². The van der Waals surface area contributed by atoms with Crippen LogP contribution in [-0.4, -0.2) is 21.5 Å². The molecule has 23 heavy (non-hydrogen) atoms. The lowest BCUT2D eigenvalue weighted by molar-refractivity contribution is 0.102. The fourth-order valence-corrected chi connectivity index (χ4v) is 6.08. The molecule has 3 heterocycles. The minimum Gasteiger partial charge on any atom is -0.292 e. The molecule has 0 aromatic carbocycles. The summed E-state index contributed by atoms with van der Waals surface area (Å²) in [5.74, 6) is 1.36. The minimum absolute atomic E-state index is 0.175.